The highest BCUT2D eigenvalue weighted by atomic mass is 16.5. The molecule has 1 aromatic carbocycles. The Bertz CT molecular complexity index is 407. The van der Waals surface area contributed by atoms with Crippen molar-refractivity contribution in [2.24, 2.45) is 17.1 Å². The van der Waals surface area contributed by atoms with Crippen LogP contribution in [-0.2, 0) is 0 Å². The summed E-state index contributed by atoms with van der Waals surface area (Å²) in [6.45, 7) is 3.80. The predicted molar refractivity (Wildman–Crippen MR) is 77.6 cm³/mol. The molecular formula is C16H25NO2. The molecule has 3 nitrogen and oxygen atoms in total. The molecule has 1 saturated carbocycles. The van der Waals surface area contributed by atoms with Gasteiger partial charge in [-0.25, -0.2) is 0 Å². The van der Waals surface area contributed by atoms with E-state index in [0.29, 0.717) is 12.0 Å². The van der Waals surface area contributed by atoms with Gasteiger partial charge in [-0.2, -0.15) is 0 Å². The van der Waals surface area contributed by atoms with Gasteiger partial charge in [-0.1, -0.05) is 25.5 Å². The maximum absolute atomic E-state index is 5.99. The Hall–Kier alpha value is -1.22. The van der Waals surface area contributed by atoms with Crippen molar-refractivity contribution < 1.29 is 9.47 Å². The molecule has 0 radical (unpaired) electrons. The first-order valence-corrected chi connectivity index (χ1v) is 7.15. The van der Waals surface area contributed by atoms with Crippen molar-refractivity contribution in [1.29, 1.82) is 0 Å². The van der Waals surface area contributed by atoms with Gasteiger partial charge in [-0.15, -0.1) is 0 Å². The highest BCUT2D eigenvalue weighted by molar-refractivity contribution is 5.39. The zero-order chi connectivity index (χ0) is 13.7. The van der Waals surface area contributed by atoms with Gasteiger partial charge in [0.1, 0.15) is 0 Å². The third kappa shape index (κ3) is 3.41. The second kappa shape index (κ2) is 6.29. The van der Waals surface area contributed by atoms with Crippen LogP contribution < -0.4 is 15.2 Å². The average molecular weight is 263 g/mol. The van der Waals surface area contributed by atoms with Crippen molar-refractivity contribution in [2.75, 3.05) is 20.3 Å². The van der Waals surface area contributed by atoms with Gasteiger partial charge in [0.25, 0.3) is 0 Å². The molecule has 2 unspecified atom stereocenters. The minimum atomic E-state index is 0.293. The lowest BCUT2D eigenvalue weighted by Crippen LogP contribution is -2.29. The Kier molecular flexibility index (Phi) is 4.70. The molecule has 3 heteroatoms. The van der Waals surface area contributed by atoms with E-state index in [2.05, 4.69) is 6.92 Å². The van der Waals surface area contributed by atoms with Crippen LogP contribution in [0.2, 0.25) is 0 Å². The summed E-state index contributed by atoms with van der Waals surface area (Å²) in [7, 11) is 1.67. The lowest BCUT2D eigenvalue weighted by molar-refractivity contribution is 0.196. The Balaban J connectivity index is 1.89. The van der Waals surface area contributed by atoms with Crippen molar-refractivity contribution in [3.8, 4) is 11.5 Å². The Labute approximate surface area is 116 Å². The maximum atomic E-state index is 5.99. The van der Waals surface area contributed by atoms with E-state index in [1.165, 1.54) is 19.3 Å². The van der Waals surface area contributed by atoms with Crippen molar-refractivity contribution in [1.82, 2.24) is 0 Å². The van der Waals surface area contributed by atoms with Crippen molar-refractivity contribution in [2.45, 2.75) is 32.6 Å². The van der Waals surface area contributed by atoms with Gasteiger partial charge in [0.05, 0.1) is 13.7 Å². The number of para-hydroxylation sites is 2. The highest BCUT2D eigenvalue weighted by Crippen LogP contribution is 2.43. The van der Waals surface area contributed by atoms with Crippen molar-refractivity contribution in [3.63, 3.8) is 0 Å². The largest absolute Gasteiger partial charge is 0.493 e. The normalized spacial score (nSPS) is 26.4. The number of ether oxygens (including phenoxy) is 2. The molecule has 0 bridgehead atoms. The topological polar surface area (TPSA) is 44.5 Å². The molecule has 2 atom stereocenters. The van der Waals surface area contributed by atoms with Crippen LogP contribution >= 0.6 is 0 Å². The molecule has 0 heterocycles. The monoisotopic (exact) mass is 263 g/mol. The zero-order valence-corrected chi connectivity index (χ0v) is 12.0. The molecular weight excluding hydrogens is 238 g/mol. The smallest absolute Gasteiger partial charge is 0.161 e. The van der Waals surface area contributed by atoms with Gasteiger partial charge in [0.2, 0.25) is 0 Å². The Morgan fingerprint density at radius 2 is 2.05 bits per heavy atom. The summed E-state index contributed by atoms with van der Waals surface area (Å²) in [6.07, 6.45) is 4.80. The first-order valence-electron chi connectivity index (χ1n) is 7.15. The molecule has 0 aliphatic heterocycles. The highest BCUT2D eigenvalue weighted by Gasteiger charge is 2.35. The molecule has 0 aromatic heterocycles. The summed E-state index contributed by atoms with van der Waals surface area (Å²) in [5.74, 6) is 2.42. The third-order valence-corrected chi connectivity index (χ3v) is 4.34. The first-order chi connectivity index (χ1) is 9.19. The van der Waals surface area contributed by atoms with E-state index in [4.69, 9.17) is 15.2 Å². The van der Waals surface area contributed by atoms with Crippen LogP contribution in [0.1, 0.15) is 32.6 Å². The van der Waals surface area contributed by atoms with Gasteiger partial charge >= 0.3 is 0 Å². The molecule has 1 aliphatic rings. The lowest BCUT2D eigenvalue weighted by atomic mass is 9.82. The van der Waals surface area contributed by atoms with Crippen LogP contribution in [0.5, 0.6) is 11.5 Å². The Morgan fingerprint density at radius 3 is 2.63 bits per heavy atom. The standard InChI is InChI=1S/C16H25NO2/c1-13-7-8-16(11-13,12-17)9-10-19-15-6-4-3-5-14(15)18-2/h3-6,13H,7-12,17H2,1-2H3. The van der Waals surface area contributed by atoms with E-state index >= 15 is 0 Å². The van der Waals surface area contributed by atoms with Crippen molar-refractivity contribution >= 4 is 0 Å². The summed E-state index contributed by atoms with van der Waals surface area (Å²) in [4.78, 5) is 0. The molecule has 0 spiro atoms. The molecule has 1 aromatic rings. The van der Waals surface area contributed by atoms with Gasteiger partial charge in [0.15, 0.2) is 11.5 Å². The molecule has 2 N–H and O–H groups in total. The number of nitrogens with two attached hydrogens (primary N) is 1. The van der Waals surface area contributed by atoms with E-state index in [9.17, 15) is 0 Å². The third-order valence-electron chi connectivity index (χ3n) is 4.34. The zero-order valence-electron chi connectivity index (χ0n) is 12.0. The number of rotatable bonds is 6. The number of hydrogen-bond acceptors (Lipinski definition) is 3. The van der Waals surface area contributed by atoms with Crippen LogP contribution in [0.25, 0.3) is 0 Å². The number of benzene rings is 1. The summed E-state index contributed by atoms with van der Waals surface area (Å²) in [5.41, 5.74) is 6.28. The Morgan fingerprint density at radius 1 is 1.32 bits per heavy atom. The van der Waals surface area contributed by atoms with Crippen molar-refractivity contribution in [3.05, 3.63) is 24.3 Å². The van der Waals surface area contributed by atoms with E-state index in [1.807, 2.05) is 24.3 Å². The fourth-order valence-corrected chi connectivity index (χ4v) is 3.13. The quantitative estimate of drug-likeness (QED) is 0.857. The van der Waals surface area contributed by atoms with Crippen LogP contribution in [0.15, 0.2) is 24.3 Å². The minimum absolute atomic E-state index is 0.293. The molecule has 106 valence electrons. The average Bonchev–Trinajstić information content (AvgIpc) is 2.81. The fourth-order valence-electron chi connectivity index (χ4n) is 3.13. The second-order valence-corrected chi connectivity index (χ2v) is 5.80. The van der Waals surface area contributed by atoms with Crippen LogP contribution in [0.4, 0.5) is 0 Å². The first kappa shape index (κ1) is 14.2. The molecule has 2 rings (SSSR count). The van der Waals surface area contributed by atoms with E-state index in [0.717, 1.165) is 30.4 Å². The van der Waals surface area contributed by atoms with Gasteiger partial charge < -0.3 is 15.2 Å². The summed E-state index contributed by atoms with van der Waals surface area (Å²) < 4.78 is 11.2. The second-order valence-electron chi connectivity index (χ2n) is 5.80. The maximum Gasteiger partial charge on any atom is 0.161 e. The summed E-state index contributed by atoms with van der Waals surface area (Å²) in [5, 5.41) is 0. The van der Waals surface area contributed by atoms with Crippen LogP contribution in [0.3, 0.4) is 0 Å². The fraction of sp³-hybridized carbons (Fsp3) is 0.625. The van der Waals surface area contributed by atoms with E-state index in [1.54, 1.807) is 7.11 Å². The van der Waals surface area contributed by atoms with E-state index in [-0.39, 0.29) is 0 Å². The number of hydrogen-bond donors (Lipinski definition) is 1. The van der Waals surface area contributed by atoms with Gasteiger partial charge in [-0.05, 0) is 49.3 Å². The summed E-state index contributed by atoms with van der Waals surface area (Å²) in [6, 6.07) is 7.79. The molecule has 0 amide bonds. The lowest BCUT2D eigenvalue weighted by Gasteiger charge is -2.27. The molecule has 19 heavy (non-hydrogen) atoms. The molecule has 0 saturated heterocycles. The molecule has 1 fully saturated rings. The minimum Gasteiger partial charge on any atom is -0.493 e. The summed E-state index contributed by atoms with van der Waals surface area (Å²) >= 11 is 0. The van der Waals surface area contributed by atoms with Gasteiger partial charge in [-0.3, -0.25) is 0 Å². The predicted octanol–water partition coefficient (Wildman–Crippen LogP) is 3.23. The number of methoxy groups -OCH3 is 1. The van der Waals surface area contributed by atoms with Gasteiger partial charge in [0, 0.05) is 0 Å². The van der Waals surface area contributed by atoms with E-state index < -0.39 is 0 Å². The molecule has 1 aliphatic carbocycles. The van der Waals surface area contributed by atoms with Crippen LogP contribution in [-0.4, -0.2) is 20.3 Å². The van der Waals surface area contributed by atoms with Crippen LogP contribution in [0, 0.1) is 11.3 Å². The SMILES string of the molecule is COc1ccccc1OCCC1(CN)CCC(C)C1.